The average molecular weight is 271 g/mol. The number of imidazole rings is 1. The molecule has 0 aliphatic heterocycles. The van der Waals surface area contributed by atoms with Crippen molar-refractivity contribution in [3.63, 3.8) is 0 Å². The molecule has 0 atom stereocenters. The Labute approximate surface area is 115 Å². The molecule has 102 valence electrons. The SMILES string of the molecule is CCOC(=O)c1ncn2c1cnc1cc(OC)ccc12. The Morgan fingerprint density at radius 2 is 2.15 bits per heavy atom. The number of carbonyl (C=O) groups is 1. The van der Waals surface area contributed by atoms with E-state index in [9.17, 15) is 4.79 Å². The lowest BCUT2D eigenvalue weighted by Gasteiger charge is -2.04. The summed E-state index contributed by atoms with van der Waals surface area (Å²) in [4.78, 5) is 20.3. The third-order valence-electron chi connectivity index (χ3n) is 3.04. The monoisotopic (exact) mass is 271 g/mol. The molecule has 0 N–H and O–H groups in total. The van der Waals surface area contributed by atoms with Crippen LogP contribution in [-0.4, -0.2) is 34.1 Å². The van der Waals surface area contributed by atoms with Crippen LogP contribution >= 0.6 is 0 Å². The summed E-state index contributed by atoms with van der Waals surface area (Å²) in [6, 6.07) is 5.55. The lowest BCUT2D eigenvalue weighted by atomic mass is 10.2. The summed E-state index contributed by atoms with van der Waals surface area (Å²) in [5.74, 6) is 0.291. The van der Waals surface area contributed by atoms with Crippen LogP contribution in [0.2, 0.25) is 0 Å². The molecule has 0 spiro atoms. The lowest BCUT2D eigenvalue weighted by Crippen LogP contribution is -2.05. The number of fused-ring (bicyclic) bond motifs is 3. The van der Waals surface area contributed by atoms with Crippen LogP contribution < -0.4 is 4.74 Å². The molecular formula is C14H13N3O3. The Bertz CT molecular complexity index is 795. The van der Waals surface area contributed by atoms with E-state index in [0.717, 1.165) is 16.8 Å². The van der Waals surface area contributed by atoms with E-state index in [-0.39, 0.29) is 5.69 Å². The molecule has 0 aliphatic carbocycles. The Kier molecular flexibility index (Phi) is 2.98. The fourth-order valence-corrected chi connectivity index (χ4v) is 2.10. The van der Waals surface area contributed by atoms with Gasteiger partial charge in [0.1, 0.15) is 12.1 Å². The van der Waals surface area contributed by atoms with Crippen molar-refractivity contribution in [1.82, 2.24) is 14.4 Å². The van der Waals surface area contributed by atoms with E-state index in [1.165, 1.54) is 0 Å². The summed E-state index contributed by atoms with van der Waals surface area (Å²) < 4.78 is 12.0. The molecule has 0 amide bonds. The predicted octanol–water partition coefficient (Wildman–Crippen LogP) is 2.07. The number of ether oxygens (including phenoxy) is 2. The maximum Gasteiger partial charge on any atom is 0.359 e. The standard InChI is InChI=1S/C14H13N3O3/c1-3-20-14(18)13-12-7-15-10-6-9(19-2)4-5-11(10)17(12)8-16-13/h4-8H,3H2,1-2H3. The fraction of sp³-hybridized carbons (Fsp3) is 0.214. The second-order valence-electron chi connectivity index (χ2n) is 4.18. The Morgan fingerprint density at radius 3 is 2.90 bits per heavy atom. The van der Waals surface area contributed by atoms with Crippen molar-refractivity contribution < 1.29 is 14.3 Å². The van der Waals surface area contributed by atoms with E-state index in [1.54, 1.807) is 26.6 Å². The van der Waals surface area contributed by atoms with Gasteiger partial charge in [-0.1, -0.05) is 0 Å². The summed E-state index contributed by atoms with van der Waals surface area (Å²) in [5.41, 5.74) is 2.52. The number of methoxy groups -OCH3 is 1. The quantitative estimate of drug-likeness (QED) is 0.682. The summed E-state index contributed by atoms with van der Waals surface area (Å²) in [6.07, 6.45) is 3.21. The number of rotatable bonds is 3. The van der Waals surface area contributed by atoms with E-state index in [1.807, 2.05) is 22.6 Å². The highest BCUT2D eigenvalue weighted by Gasteiger charge is 2.16. The van der Waals surface area contributed by atoms with Gasteiger partial charge in [0, 0.05) is 6.07 Å². The van der Waals surface area contributed by atoms with Gasteiger partial charge in [0.15, 0.2) is 5.69 Å². The Morgan fingerprint density at radius 1 is 1.30 bits per heavy atom. The van der Waals surface area contributed by atoms with Gasteiger partial charge in [-0.25, -0.2) is 9.78 Å². The van der Waals surface area contributed by atoms with Gasteiger partial charge in [-0.05, 0) is 19.1 Å². The number of hydrogen-bond acceptors (Lipinski definition) is 5. The zero-order valence-corrected chi connectivity index (χ0v) is 11.2. The molecule has 6 nitrogen and oxygen atoms in total. The first-order chi connectivity index (χ1) is 9.74. The minimum Gasteiger partial charge on any atom is -0.497 e. The third kappa shape index (κ3) is 1.85. The smallest absolute Gasteiger partial charge is 0.359 e. The zero-order valence-electron chi connectivity index (χ0n) is 11.2. The molecule has 0 unspecified atom stereocenters. The largest absolute Gasteiger partial charge is 0.497 e. The van der Waals surface area contributed by atoms with Crippen LogP contribution in [0, 0.1) is 0 Å². The first kappa shape index (κ1) is 12.4. The van der Waals surface area contributed by atoms with E-state index in [2.05, 4.69) is 9.97 Å². The van der Waals surface area contributed by atoms with Crippen molar-refractivity contribution in [3.05, 3.63) is 36.4 Å². The van der Waals surface area contributed by atoms with Crippen LogP contribution in [0.3, 0.4) is 0 Å². The average Bonchev–Trinajstić information content (AvgIpc) is 2.91. The second kappa shape index (κ2) is 4.80. The summed E-state index contributed by atoms with van der Waals surface area (Å²) in [5, 5.41) is 0. The maximum absolute atomic E-state index is 11.8. The Hall–Kier alpha value is -2.63. The van der Waals surface area contributed by atoms with Gasteiger partial charge in [-0.15, -0.1) is 0 Å². The Balaban J connectivity index is 2.21. The van der Waals surface area contributed by atoms with Gasteiger partial charge in [0.2, 0.25) is 0 Å². The first-order valence-electron chi connectivity index (χ1n) is 6.21. The molecule has 6 heteroatoms. The van der Waals surface area contributed by atoms with Gasteiger partial charge in [0.05, 0.1) is 36.5 Å². The molecule has 0 aliphatic rings. The van der Waals surface area contributed by atoms with Crippen LogP contribution in [0.15, 0.2) is 30.7 Å². The molecular weight excluding hydrogens is 258 g/mol. The number of hydrogen-bond donors (Lipinski definition) is 0. The molecule has 0 saturated carbocycles. The summed E-state index contributed by atoms with van der Waals surface area (Å²) in [7, 11) is 1.61. The van der Waals surface area contributed by atoms with E-state index < -0.39 is 5.97 Å². The minimum absolute atomic E-state index is 0.275. The molecule has 20 heavy (non-hydrogen) atoms. The maximum atomic E-state index is 11.8. The van der Waals surface area contributed by atoms with E-state index >= 15 is 0 Å². The van der Waals surface area contributed by atoms with Crippen molar-refractivity contribution in [2.75, 3.05) is 13.7 Å². The van der Waals surface area contributed by atoms with Crippen molar-refractivity contribution in [2.45, 2.75) is 6.92 Å². The second-order valence-corrected chi connectivity index (χ2v) is 4.18. The van der Waals surface area contributed by atoms with Gasteiger partial charge < -0.3 is 9.47 Å². The van der Waals surface area contributed by atoms with Gasteiger partial charge in [-0.2, -0.15) is 0 Å². The van der Waals surface area contributed by atoms with Crippen molar-refractivity contribution in [2.24, 2.45) is 0 Å². The third-order valence-corrected chi connectivity index (χ3v) is 3.04. The molecule has 0 fully saturated rings. The molecule has 0 bridgehead atoms. The van der Waals surface area contributed by atoms with Crippen LogP contribution in [-0.2, 0) is 4.74 Å². The van der Waals surface area contributed by atoms with Crippen LogP contribution in [0.5, 0.6) is 5.75 Å². The van der Waals surface area contributed by atoms with Crippen LogP contribution in [0.25, 0.3) is 16.6 Å². The normalized spacial score (nSPS) is 10.9. The predicted molar refractivity (Wildman–Crippen MR) is 73.0 cm³/mol. The number of benzene rings is 1. The molecule has 1 aromatic carbocycles. The number of nitrogens with zero attached hydrogens (tertiary/aromatic N) is 3. The zero-order chi connectivity index (χ0) is 14.1. The van der Waals surface area contributed by atoms with Crippen LogP contribution in [0.4, 0.5) is 0 Å². The minimum atomic E-state index is -0.440. The molecule has 0 saturated heterocycles. The number of esters is 1. The van der Waals surface area contributed by atoms with E-state index in [4.69, 9.17) is 9.47 Å². The molecule has 3 aromatic rings. The fourth-order valence-electron chi connectivity index (χ4n) is 2.10. The topological polar surface area (TPSA) is 65.7 Å². The molecule has 3 rings (SSSR count). The molecule has 2 heterocycles. The van der Waals surface area contributed by atoms with Crippen molar-refractivity contribution in [1.29, 1.82) is 0 Å². The first-order valence-corrected chi connectivity index (χ1v) is 6.21. The lowest BCUT2D eigenvalue weighted by molar-refractivity contribution is 0.0522. The highest BCUT2D eigenvalue weighted by molar-refractivity contribution is 5.96. The molecule has 0 radical (unpaired) electrons. The molecule has 2 aromatic heterocycles. The van der Waals surface area contributed by atoms with Gasteiger partial charge >= 0.3 is 5.97 Å². The van der Waals surface area contributed by atoms with Gasteiger partial charge in [-0.3, -0.25) is 9.38 Å². The number of aromatic nitrogens is 3. The van der Waals surface area contributed by atoms with Crippen molar-refractivity contribution >= 4 is 22.5 Å². The highest BCUT2D eigenvalue weighted by atomic mass is 16.5. The summed E-state index contributed by atoms with van der Waals surface area (Å²) in [6.45, 7) is 2.08. The highest BCUT2D eigenvalue weighted by Crippen LogP contribution is 2.21. The van der Waals surface area contributed by atoms with Crippen molar-refractivity contribution in [3.8, 4) is 5.75 Å². The number of carbonyl (C=O) groups excluding carboxylic acids is 1. The van der Waals surface area contributed by atoms with E-state index in [0.29, 0.717) is 12.1 Å². The summed E-state index contributed by atoms with van der Waals surface area (Å²) >= 11 is 0. The van der Waals surface area contributed by atoms with Crippen LogP contribution in [0.1, 0.15) is 17.4 Å². The van der Waals surface area contributed by atoms with Gasteiger partial charge in [0.25, 0.3) is 0 Å².